The van der Waals surface area contributed by atoms with Crippen molar-refractivity contribution in [2.24, 2.45) is 0 Å². The minimum Gasteiger partial charge on any atom is -1.00 e. The highest BCUT2D eigenvalue weighted by molar-refractivity contribution is 5.13. The molecule has 0 unspecified atom stereocenters. The standard InChI is InChI=1S/C25H46N.H/c1-4-5-6-7-8-9-10-11-12-13-14-15-16-20-23-26(2,3)24-25-21-18-17-19-22-25;/h17-19,21-22H,4-16,20,23-24H2,1-3H3;/q+1;-1. The average molecular weight is 362 g/mol. The van der Waals surface area contributed by atoms with E-state index < -0.39 is 0 Å². The van der Waals surface area contributed by atoms with Gasteiger partial charge in [0.15, 0.2) is 0 Å². The molecule has 1 heteroatoms. The molecule has 0 spiro atoms. The predicted molar refractivity (Wildman–Crippen MR) is 119 cm³/mol. The minimum absolute atomic E-state index is 0. The summed E-state index contributed by atoms with van der Waals surface area (Å²) in [7, 11) is 4.74. The molecule has 0 saturated carbocycles. The molecule has 1 nitrogen and oxygen atoms in total. The second-order valence-corrected chi connectivity index (χ2v) is 8.90. The van der Waals surface area contributed by atoms with Gasteiger partial charge in [-0.25, -0.2) is 0 Å². The Kier molecular flexibility index (Phi) is 13.6. The van der Waals surface area contributed by atoms with Crippen LogP contribution in [0, 0.1) is 0 Å². The van der Waals surface area contributed by atoms with E-state index in [9.17, 15) is 0 Å². The lowest BCUT2D eigenvalue weighted by atomic mass is 10.0. The molecular formula is C25H47N. The third-order valence-electron chi connectivity index (χ3n) is 5.57. The van der Waals surface area contributed by atoms with Crippen molar-refractivity contribution < 1.29 is 5.91 Å². The first kappa shape index (κ1) is 23.2. The van der Waals surface area contributed by atoms with Gasteiger partial charge in [0.2, 0.25) is 0 Å². The maximum absolute atomic E-state index is 2.37. The Morgan fingerprint density at radius 3 is 1.50 bits per heavy atom. The van der Waals surface area contributed by atoms with Crippen molar-refractivity contribution in [3.63, 3.8) is 0 Å². The summed E-state index contributed by atoms with van der Waals surface area (Å²) in [6.45, 7) is 4.75. The largest absolute Gasteiger partial charge is 1.00 e. The van der Waals surface area contributed by atoms with Crippen molar-refractivity contribution in [2.45, 2.75) is 103 Å². The van der Waals surface area contributed by atoms with Crippen LogP contribution in [0.1, 0.15) is 104 Å². The summed E-state index contributed by atoms with van der Waals surface area (Å²) in [4.78, 5) is 0. The summed E-state index contributed by atoms with van der Waals surface area (Å²) in [6, 6.07) is 10.9. The van der Waals surface area contributed by atoms with Gasteiger partial charge in [0, 0.05) is 5.56 Å². The molecule has 0 aliphatic heterocycles. The number of hydrogen-bond donors (Lipinski definition) is 0. The van der Waals surface area contributed by atoms with Crippen LogP contribution in [-0.2, 0) is 6.54 Å². The number of benzene rings is 1. The lowest BCUT2D eigenvalue weighted by molar-refractivity contribution is -0.903. The van der Waals surface area contributed by atoms with Gasteiger partial charge in [-0.2, -0.15) is 0 Å². The highest BCUT2D eigenvalue weighted by Crippen LogP contribution is 2.14. The average Bonchev–Trinajstić information content (AvgIpc) is 2.62. The van der Waals surface area contributed by atoms with E-state index in [1.165, 1.54) is 102 Å². The van der Waals surface area contributed by atoms with E-state index >= 15 is 0 Å². The molecule has 152 valence electrons. The monoisotopic (exact) mass is 361 g/mol. The van der Waals surface area contributed by atoms with Crippen molar-refractivity contribution in [3.05, 3.63) is 35.9 Å². The predicted octanol–water partition coefficient (Wildman–Crippen LogP) is 7.86. The Morgan fingerprint density at radius 2 is 1.04 bits per heavy atom. The van der Waals surface area contributed by atoms with Crippen molar-refractivity contribution in [3.8, 4) is 0 Å². The molecule has 0 atom stereocenters. The van der Waals surface area contributed by atoms with Crippen LogP contribution in [-0.4, -0.2) is 25.1 Å². The fraction of sp³-hybridized carbons (Fsp3) is 0.760. The van der Waals surface area contributed by atoms with Gasteiger partial charge in [-0.1, -0.05) is 114 Å². The molecule has 0 aliphatic rings. The third kappa shape index (κ3) is 13.4. The van der Waals surface area contributed by atoms with E-state index in [2.05, 4.69) is 51.4 Å². The first-order valence-corrected chi connectivity index (χ1v) is 11.5. The Bertz CT molecular complexity index is 416. The van der Waals surface area contributed by atoms with Crippen LogP contribution < -0.4 is 0 Å². The van der Waals surface area contributed by atoms with Gasteiger partial charge in [-0.05, 0) is 12.8 Å². The van der Waals surface area contributed by atoms with Crippen LogP contribution in [0.3, 0.4) is 0 Å². The molecule has 0 heterocycles. The minimum atomic E-state index is 0. The first-order valence-electron chi connectivity index (χ1n) is 11.5. The van der Waals surface area contributed by atoms with Crippen LogP contribution >= 0.6 is 0 Å². The first-order chi connectivity index (χ1) is 12.6. The zero-order valence-electron chi connectivity index (χ0n) is 19.1. The highest BCUT2D eigenvalue weighted by Gasteiger charge is 2.14. The summed E-state index contributed by atoms with van der Waals surface area (Å²) >= 11 is 0. The maximum atomic E-state index is 2.37. The Hall–Kier alpha value is -0.820. The van der Waals surface area contributed by atoms with Crippen LogP contribution in [0.4, 0.5) is 0 Å². The summed E-state index contributed by atoms with van der Waals surface area (Å²) in [6.07, 6.45) is 20.2. The van der Waals surface area contributed by atoms with Crippen LogP contribution in [0.15, 0.2) is 30.3 Å². The molecule has 1 rings (SSSR count). The van der Waals surface area contributed by atoms with E-state index in [4.69, 9.17) is 0 Å². The molecule has 1 aromatic rings. The van der Waals surface area contributed by atoms with Gasteiger partial charge < -0.3 is 5.91 Å². The van der Waals surface area contributed by atoms with E-state index in [1.807, 2.05) is 0 Å². The number of nitrogens with zero attached hydrogens (tertiary/aromatic N) is 1. The van der Waals surface area contributed by atoms with Crippen molar-refractivity contribution in [2.75, 3.05) is 20.6 Å². The Morgan fingerprint density at radius 1 is 0.615 bits per heavy atom. The fourth-order valence-electron chi connectivity index (χ4n) is 3.89. The number of unbranched alkanes of at least 4 members (excludes halogenated alkanes) is 13. The summed E-state index contributed by atoms with van der Waals surface area (Å²) in [5.41, 5.74) is 1.46. The number of quaternary nitrogens is 1. The molecule has 0 aliphatic carbocycles. The van der Waals surface area contributed by atoms with Gasteiger partial charge >= 0.3 is 0 Å². The molecule has 0 amide bonds. The molecule has 0 saturated heterocycles. The zero-order chi connectivity index (χ0) is 18.9. The topological polar surface area (TPSA) is 0 Å². The summed E-state index contributed by atoms with van der Waals surface area (Å²) in [5, 5.41) is 0. The normalized spacial score (nSPS) is 11.8. The zero-order valence-corrected chi connectivity index (χ0v) is 18.1. The molecule has 0 N–H and O–H groups in total. The van der Waals surface area contributed by atoms with Crippen LogP contribution in [0.2, 0.25) is 0 Å². The summed E-state index contributed by atoms with van der Waals surface area (Å²) < 4.78 is 1.11. The maximum Gasteiger partial charge on any atom is 0.104 e. The summed E-state index contributed by atoms with van der Waals surface area (Å²) in [5.74, 6) is 0. The van der Waals surface area contributed by atoms with E-state index in [0.29, 0.717) is 0 Å². The highest BCUT2D eigenvalue weighted by atomic mass is 15.3. The smallest absolute Gasteiger partial charge is 0.104 e. The number of rotatable bonds is 17. The number of hydrogen-bond acceptors (Lipinski definition) is 0. The van der Waals surface area contributed by atoms with Gasteiger partial charge in [0.1, 0.15) is 6.54 Å². The van der Waals surface area contributed by atoms with E-state index in [-0.39, 0.29) is 1.43 Å². The Labute approximate surface area is 166 Å². The van der Waals surface area contributed by atoms with Crippen molar-refractivity contribution in [1.82, 2.24) is 0 Å². The molecule has 26 heavy (non-hydrogen) atoms. The quantitative estimate of drug-likeness (QED) is 0.196. The van der Waals surface area contributed by atoms with Gasteiger partial charge in [-0.3, -0.25) is 0 Å². The van der Waals surface area contributed by atoms with Gasteiger partial charge in [0.25, 0.3) is 0 Å². The lowest BCUT2D eigenvalue weighted by Crippen LogP contribution is -2.39. The van der Waals surface area contributed by atoms with Crippen molar-refractivity contribution >= 4 is 0 Å². The molecular weight excluding hydrogens is 314 g/mol. The van der Waals surface area contributed by atoms with E-state index in [0.717, 1.165) is 11.0 Å². The fourth-order valence-corrected chi connectivity index (χ4v) is 3.89. The van der Waals surface area contributed by atoms with Crippen LogP contribution in [0.25, 0.3) is 0 Å². The molecule has 0 aromatic heterocycles. The van der Waals surface area contributed by atoms with Crippen LogP contribution in [0.5, 0.6) is 0 Å². The molecule has 1 aromatic carbocycles. The SMILES string of the molecule is CCCCCCCCCCCCCCCC[N+](C)(C)Cc1ccccc1.[H-]. The molecule has 0 fully saturated rings. The third-order valence-corrected chi connectivity index (χ3v) is 5.57. The molecule has 0 bridgehead atoms. The lowest BCUT2D eigenvalue weighted by Gasteiger charge is -2.30. The second kappa shape index (κ2) is 15.3. The van der Waals surface area contributed by atoms with Crippen molar-refractivity contribution in [1.29, 1.82) is 0 Å². The Balaban J connectivity index is 0.00000676. The van der Waals surface area contributed by atoms with Gasteiger partial charge in [0.05, 0.1) is 20.6 Å². The van der Waals surface area contributed by atoms with Gasteiger partial charge in [-0.15, -0.1) is 0 Å². The van der Waals surface area contributed by atoms with E-state index in [1.54, 1.807) is 0 Å². The second-order valence-electron chi connectivity index (χ2n) is 8.90. The molecule has 0 radical (unpaired) electrons.